The zero-order chi connectivity index (χ0) is 14.0. The SMILES string of the molecule is C#C[C@@H]1CCN(S(=O)(=O)c2ccc(C)cc2)C[C@@H]1O. The molecule has 1 saturated heterocycles. The molecule has 5 heteroatoms. The van der Waals surface area contributed by atoms with E-state index in [4.69, 9.17) is 6.42 Å². The van der Waals surface area contributed by atoms with E-state index in [9.17, 15) is 13.5 Å². The Kier molecular flexibility index (Phi) is 3.95. The van der Waals surface area contributed by atoms with E-state index in [0.29, 0.717) is 13.0 Å². The van der Waals surface area contributed by atoms with Gasteiger partial charge in [0.1, 0.15) is 0 Å². The second-order valence-electron chi connectivity index (χ2n) is 4.81. The Morgan fingerprint density at radius 1 is 1.37 bits per heavy atom. The maximum Gasteiger partial charge on any atom is 0.243 e. The van der Waals surface area contributed by atoms with Crippen molar-refractivity contribution in [3.05, 3.63) is 29.8 Å². The lowest BCUT2D eigenvalue weighted by atomic mass is 9.96. The Morgan fingerprint density at radius 3 is 2.53 bits per heavy atom. The van der Waals surface area contributed by atoms with Crippen molar-refractivity contribution in [3.8, 4) is 12.3 Å². The number of aryl methyl sites for hydroxylation is 1. The van der Waals surface area contributed by atoms with Crippen LogP contribution in [0.25, 0.3) is 0 Å². The molecule has 0 amide bonds. The summed E-state index contributed by atoms with van der Waals surface area (Å²) in [5.41, 5.74) is 1.00. The van der Waals surface area contributed by atoms with Gasteiger partial charge in [-0.1, -0.05) is 17.7 Å². The van der Waals surface area contributed by atoms with Crippen molar-refractivity contribution in [1.82, 2.24) is 4.31 Å². The molecule has 4 nitrogen and oxygen atoms in total. The van der Waals surface area contributed by atoms with E-state index < -0.39 is 16.1 Å². The highest BCUT2D eigenvalue weighted by molar-refractivity contribution is 7.89. The van der Waals surface area contributed by atoms with Gasteiger partial charge in [0.15, 0.2) is 0 Å². The summed E-state index contributed by atoms with van der Waals surface area (Å²) < 4.78 is 26.1. The first kappa shape index (κ1) is 14.1. The van der Waals surface area contributed by atoms with Gasteiger partial charge in [-0.3, -0.25) is 0 Å². The summed E-state index contributed by atoms with van der Waals surface area (Å²) >= 11 is 0. The number of hydrogen-bond donors (Lipinski definition) is 1. The first-order chi connectivity index (χ1) is 8.95. The number of hydrogen-bond acceptors (Lipinski definition) is 3. The van der Waals surface area contributed by atoms with Crippen molar-refractivity contribution < 1.29 is 13.5 Å². The zero-order valence-corrected chi connectivity index (χ0v) is 11.6. The summed E-state index contributed by atoms with van der Waals surface area (Å²) in [5.74, 6) is 2.24. The number of benzene rings is 1. The number of aliphatic hydroxyl groups is 1. The second kappa shape index (κ2) is 5.33. The predicted octanol–water partition coefficient (Wildman–Crippen LogP) is 1.000. The van der Waals surface area contributed by atoms with Crippen molar-refractivity contribution in [2.45, 2.75) is 24.3 Å². The normalized spacial score (nSPS) is 24.9. The van der Waals surface area contributed by atoms with Crippen LogP contribution in [0, 0.1) is 25.2 Å². The molecule has 0 aliphatic carbocycles. The Hall–Kier alpha value is -1.35. The summed E-state index contributed by atoms with van der Waals surface area (Å²) in [4.78, 5) is 0.254. The van der Waals surface area contributed by atoms with Crippen molar-refractivity contribution in [2.75, 3.05) is 13.1 Å². The van der Waals surface area contributed by atoms with E-state index in [0.717, 1.165) is 5.56 Å². The topological polar surface area (TPSA) is 57.6 Å². The van der Waals surface area contributed by atoms with Crippen molar-refractivity contribution in [2.24, 2.45) is 5.92 Å². The molecule has 1 aliphatic heterocycles. The average molecular weight is 279 g/mol. The molecule has 1 fully saturated rings. The van der Waals surface area contributed by atoms with E-state index in [1.807, 2.05) is 6.92 Å². The number of terminal acetylenes is 1. The second-order valence-corrected chi connectivity index (χ2v) is 6.74. The van der Waals surface area contributed by atoms with Crippen LogP contribution in [0.1, 0.15) is 12.0 Å². The summed E-state index contributed by atoms with van der Waals surface area (Å²) in [6, 6.07) is 6.70. The highest BCUT2D eigenvalue weighted by atomic mass is 32.2. The fraction of sp³-hybridized carbons (Fsp3) is 0.429. The van der Waals surface area contributed by atoms with Crippen LogP contribution in [0.2, 0.25) is 0 Å². The fourth-order valence-electron chi connectivity index (χ4n) is 2.17. The maximum atomic E-state index is 12.4. The van der Waals surface area contributed by atoms with Gasteiger partial charge in [0.25, 0.3) is 0 Å². The molecule has 0 unspecified atom stereocenters. The van der Waals surface area contributed by atoms with Crippen molar-refractivity contribution in [1.29, 1.82) is 0 Å². The lowest BCUT2D eigenvalue weighted by Crippen LogP contribution is -2.46. The standard InChI is InChI=1S/C14H17NO3S/c1-3-12-8-9-15(10-14(12)16)19(17,18)13-6-4-11(2)5-7-13/h1,4-7,12,14,16H,8-10H2,2H3/t12-,14+/m1/s1. The average Bonchev–Trinajstić information content (AvgIpc) is 2.39. The Labute approximate surface area is 114 Å². The van der Waals surface area contributed by atoms with Crippen LogP contribution >= 0.6 is 0 Å². The summed E-state index contributed by atoms with van der Waals surface area (Å²) in [6.07, 6.45) is 4.99. The highest BCUT2D eigenvalue weighted by Crippen LogP contribution is 2.23. The number of aliphatic hydroxyl groups excluding tert-OH is 1. The molecule has 0 spiro atoms. The molecule has 1 aromatic carbocycles. The van der Waals surface area contributed by atoms with Crippen LogP contribution in [0.5, 0.6) is 0 Å². The van der Waals surface area contributed by atoms with Gasteiger partial charge in [0, 0.05) is 19.0 Å². The molecular weight excluding hydrogens is 262 g/mol. The van der Waals surface area contributed by atoms with E-state index in [-0.39, 0.29) is 17.4 Å². The minimum absolute atomic E-state index is 0.0606. The first-order valence-corrected chi connectivity index (χ1v) is 7.60. The maximum absolute atomic E-state index is 12.4. The molecule has 0 saturated carbocycles. The van der Waals surface area contributed by atoms with Gasteiger partial charge in [-0.05, 0) is 25.5 Å². The number of β-amino-alcohol motifs (C(OH)–C–C–N with tert-alkyl or cyclic N) is 1. The van der Waals surface area contributed by atoms with Crippen LogP contribution in [-0.2, 0) is 10.0 Å². The molecule has 102 valence electrons. The molecule has 1 N–H and O–H groups in total. The lowest BCUT2D eigenvalue weighted by Gasteiger charge is -2.32. The number of nitrogens with zero attached hydrogens (tertiary/aromatic N) is 1. The summed E-state index contributed by atoms with van der Waals surface area (Å²) in [6.45, 7) is 2.31. The van der Waals surface area contributed by atoms with Crippen LogP contribution < -0.4 is 0 Å². The molecule has 19 heavy (non-hydrogen) atoms. The molecule has 1 aliphatic rings. The monoisotopic (exact) mass is 279 g/mol. The van der Waals surface area contributed by atoms with Crippen LogP contribution in [0.4, 0.5) is 0 Å². The van der Waals surface area contributed by atoms with Gasteiger partial charge in [0.2, 0.25) is 10.0 Å². The third kappa shape index (κ3) is 2.81. The van der Waals surface area contributed by atoms with Gasteiger partial charge in [0.05, 0.1) is 11.0 Å². The Morgan fingerprint density at radius 2 is 2.00 bits per heavy atom. The van der Waals surface area contributed by atoms with Gasteiger partial charge in [-0.15, -0.1) is 12.3 Å². The molecule has 0 bridgehead atoms. The van der Waals surface area contributed by atoms with E-state index in [1.54, 1.807) is 24.3 Å². The van der Waals surface area contributed by atoms with Gasteiger partial charge in [-0.2, -0.15) is 4.31 Å². The molecular formula is C14H17NO3S. The molecule has 1 aromatic rings. The molecule has 0 radical (unpaired) electrons. The number of rotatable bonds is 2. The largest absolute Gasteiger partial charge is 0.390 e. The van der Waals surface area contributed by atoms with Crippen molar-refractivity contribution >= 4 is 10.0 Å². The smallest absolute Gasteiger partial charge is 0.243 e. The summed E-state index contributed by atoms with van der Waals surface area (Å²) in [7, 11) is -3.54. The number of sulfonamides is 1. The van der Waals surface area contributed by atoms with Crippen LogP contribution in [-0.4, -0.2) is 37.0 Å². The quantitative estimate of drug-likeness (QED) is 0.822. The van der Waals surface area contributed by atoms with Crippen molar-refractivity contribution in [3.63, 3.8) is 0 Å². The third-order valence-electron chi connectivity index (χ3n) is 3.42. The predicted molar refractivity (Wildman–Crippen MR) is 72.9 cm³/mol. The Balaban J connectivity index is 2.22. The first-order valence-electron chi connectivity index (χ1n) is 6.16. The lowest BCUT2D eigenvalue weighted by molar-refractivity contribution is 0.0769. The minimum Gasteiger partial charge on any atom is -0.390 e. The fourth-order valence-corrected chi connectivity index (χ4v) is 3.65. The van der Waals surface area contributed by atoms with Gasteiger partial charge < -0.3 is 5.11 Å². The molecule has 2 atom stereocenters. The molecule has 1 heterocycles. The minimum atomic E-state index is -3.54. The van der Waals surface area contributed by atoms with E-state index >= 15 is 0 Å². The zero-order valence-electron chi connectivity index (χ0n) is 10.8. The van der Waals surface area contributed by atoms with Gasteiger partial charge >= 0.3 is 0 Å². The van der Waals surface area contributed by atoms with Crippen LogP contribution in [0.15, 0.2) is 29.2 Å². The Bertz CT molecular complexity index is 586. The van der Waals surface area contributed by atoms with Gasteiger partial charge in [-0.25, -0.2) is 8.42 Å². The van der Waals surface area contributed by atoms with E-state index in [1.165, 1.54) is 4.31 Å². The molecule has 0 aromatic heterocycles. The number of piperidine rings is 1. The highest BCUT2D eigenvalue weighted by Gasteiger charge is 2.33. The van der Waals surface area contributed by atoms with E-state index in [2.05, 4.69) is 5.92 Å². The molecule has 2 rings (SSSR count). The van der Waals surface area contributed by atoms with Crippen LogP contribution in [0.3, 0.4) is 0 Å². The summed E-state index contributed by atoms with van der Waals surface area (Å²) in [5, 5.41) is 9.85. The third-order valence-corrected chi connectivity index (χ3v) is 5.30.